The molecule has 3 aromatic rings. The average molecular weight is 417 g/mol. The summed E-state index contributed by atoms with van der Waals surface area (Å²) in [6.07, 6.45) is 0.722. The first-order valence-electron chi connectivity index (χ1n) is 6.18. The van der Waals surface area contributed by atoms with E-state index >= 15 is 0 Å². The van der Waals surface area contributed by atoms with E-state index in [0.29, 0.717) is 10.9 Å². The van der Waals surface area contributed by atoms with Crippen LogP contribution in [0.15, 0.2) is 42.5 Å². The van der Waals surface area contributed by atoms with Gasteiger partial charge in [-0.3, -0.25) is 4.57 Å². The van der Waals surface area contributed by atoms with Gasteiger partial charge in [0.25, 0.3) is 0 Å². The number of benzene rings is 2. The number of halogens is 3. The summed E-state index contributed by atoms with van der Waals surface area (Å²) in [5, 5.41) is 0.715. The fourth-order valence-corrected chi connectivity index (χ4v) is 3.09. The van der Waals surface area contributed by atoms with E-state index in [1.807, 2.05) is 24.3 Å². The highest BCUT2D eigenvalue weighted by Gasteiger charge is 2.12. The lowest BCUT2D eigenvalue weighted by Gasteiger charge is -2.09. The van der Waals surface area contributed by atoms with Gasteiger partial charge in [-0.05, 0) is 59.0 Å². The molecule has 2 nitrogen and oxygen atoms in total. The Morgan fingerprint density at radius 1 is 1.15 bits per heavy atom. The quantitative estimate of drug-likeness (QED) is 0.430. The standard InChI is InChI=1S/C15H11Cl2IN2/c16-7-6-15-19-13-9-11(18)4-5-14(13)20(15)12-3-1-2-10(17)8-12/h1-5,8-9H,6-7H2. The molecule has 5 heteroatoms. The third kappa shape index (κ3) is 2.67. The van der Waals surface area contributed by atoms with Crippen molar-refractivity contribution in [3.05, 3.63) is 56.9 Å². The van der Waals surface area contributed by atoms with Crippen LogP contribution in [0.4, 0.5) is 0 Å². The summed E-state index contributed by atoms with van der Waals surface area (Å²) in [6.45, 7) is 0. The summed E-state index contributed by atoms with van der Waals surface area (Å²) in [7, 11) is 0. The Balaban J connectivity index is 2.28. The molecule has 2 aromatic carbocycles. The molecule has 0 bridgehead atoms. The van der Waals surface area contributed by atoms with Crippen molar-refractivity contribution in [2.75, 3.05) is 5.88 Å². The van der Waals surface area contributed by atoms with Gasteiger partial charge in [-0.25, -0.2) is 4.98 Å². The molecule has 20 heavy (non-hydrogen) atoms. The zero-order chi connectivity index (χ0) is 14.1. The molecule has 1 aromatic heterocycles. The van der Waals surface area contributed by atoms with Crippen LogP contribution in [0.2, 0.25) is 5.02 Å². The Labute approximate surface area is 140 Å². The molecular weight excluding hydrogens is 406 g/mol. The van der Waals surface area contributed by atoms with Gasteiger partial charge in [0.2, 0.25) is 0 Å². The van der Waals surface area contributed by atoms with E-state index < -0.39 is 0 Å². The Morgan fingerprint density at radius 3 is 2.75 bits per heavy atom. The summed E-state index contributed by atoms with van der Waals surface area (Å²) in [5.74, 6) is 1.50. The maximum absolute atomic E-state index is 6.11. The molecule has 0 amide bonds. The predicted octanol–water partition coefficient (Wildman–Crippen LogP) is 5.06. The minimum absolute atomic E-state index is 0.543. The summed E-state index contributed by atoms with van der Waals surface area (Å²) in [6, 6.07) is 14.0. The van der Waals surface area contributed by atoms with Gasteiger partial charge >= 0.3 is 0 Å². The lowest BCUT2D eigenvalue weighted by Crippen LogP contribution is -2.02. The molecular formula is C15H11Cl2IN2. The number of hydrogen-bond acceptors (Lipinski definition) is 1. The lowest BCUT2D eigenvalue weighted by atomic mass is 10.2. The van der Waals surface area contributed by atoms with E-state index in [1.165, 1.54) is 3.57 Å². The number of hydrogen-bond donors (Lipinski definition) is 0. The highest BCUT2D eigenvalue weighted by molar-refractivity contribution is 14.1. The normalized spacial score (nSPS) is 11.2. The summed E-state index contributed by atoms with van der Waals surface area (Å²) in [5.41, 5.74) is 3.08. The van der Waals surface area contributed by atoms with Crippen LogP contribution in [0.3, 0.4) is 0 Å². The average Bonchev–Trinajstić information content (AvgIpc) is 2.76. The van der Waals surface area contributed by atoms with E-state index in [9.17, 15) is 0 Å². The van der Waals surface area contributed by atoms with Gasteiger partial charge in [0, 0.05) is 26.6 Å². The number of imidazole rings is 1. The van der Waals surface area contributed by atoms with E-state index in [0.717, 1.165) is 29.0 Å². The van der Waals surface area contributed by atoms with Gasteiger partial charge in [0.15, 0.2) is 0 Å². The van der Waals surface area contributed by atoms with Crippen LogP contribution in [0.5, 0.6) is 0 Å². The van der Waals surface area contributed by atoms with Crippen LogP contribution in [0.1, 0.15) is 5.82 Å². The third-order valence-corrected chi connectivity index (χ3v) is 4.17. The van der Waals surface area contributed by atoms with Gasteiger partial charge in [-0.15, -0.1) is 11.6 Å². The molecule has 0 radical (unpaired) electrons. The van der Waals surface area contributed by atoms with Crippen LogP contribution in [0.25, 0.3) is 16.7 Å². The number of rotatable bonds is 3. The fourth-order valence-electron chi connectivity index (χ4n) is 2.26. The Morgan fingerprint density at radius 2 is 2.00 bits per heavy atom. The predicted molar refractivity (Wildman–Crippen MR) is 93.2 cm³/mol. The first kappa shape index (κ1) is 14.2. The molecule has 3 rings (SSSR count). The molecule has 0 spiro atoms. The van der Waals surface area contributed by atoms with Crippen molar-refractivity contribution in [1.82, 2.24) is 9.55 Å². The molecule has 0 unspecified atom stereocenters. The molecule has 0 atom stereocenters. The molecule has 102 valence electrons. The highest BCUT2D eigenvalue weighted by atomic mass is 127. The highest BCUT2D eigenvalue weighted by Crippen LogP contribution is 2.25. The SMILES string of the molecule is ClCCc1nc2cc(I)ccc2n1-c1cccc(Cl)c1. The molecule has 0 aliphatic carbocycles. The molecule has 0 saturated carbocycles. The molecule has 1 heterocycles. The first-order chi connectivity index (χ1) is 9.69. The van der Waals surface area contributed by atoms with Crippen LogP contribution < -0.4 is 0 Å². The second-order valence-corrected chi connectivity index (χ2v) is 6.48. The number of alkyl halides is 1. The van der Waals surface area contributed by atoms with Gasteiger partial charge < -0.3 is 0 Å². The van der Waals surface area contributed by atoms with Crippen molar-refractivity contribution in [2.45, 2.75) is 6.42 Å². The minimum Gasteiger partial charge on any atom is -0.296 e. The van der Waals surface area contributed by atoms with Crippen LogP contribution >= 0.6 is 45.8 Å². The van der Waals surface area contributed by atoms with Gasteiger partial charge in [0.05, 0.1) is 11.0 Å². The number of aromatic nitrogens is 2. The second kappa shape index (κ2) is 5.92. The summed E-state index contributed by atoms with van der Waals surface area (Å²) in [4.78, 5) is 4.70. The Hall–Kier alpha value is -0.780. The monoisotopic (exact) mass is 416 g/mol. The third-order valence-electron chi connectivity index (χ3n) is 3.07. The van der Waals surface area contributed by atoms with Crippen molar-refractivity contribution in [3.8, 4) is 5.69 Å². The van der Waals surface area contributed by atoms with Crippen LogP contribution in [-0.2, 0) is 6.42 Å². The Kier molecular flexibility index (Phi) is 4.19. The van der Waals surface area contributed by atoms with Crippen molar-refractivity contribution in [3.63, 3.8) is 0 Å². The maximum Gasteiger partial charge on any atom is 0.115 e. The van der Waals surface area contributed by atoms with Crippen LogP contribution in [-0.4, -0.2) is 15.4 Å². The molecule has 0 aliphatic heterocycles. The number of nitrogens with zero attached hydrogens (tertiary/aromatic N) is 2. The van der Waals surface area contributed by atoms with E-state index in [2.05, 4.69) is 45.4 Å². The second-order valence-electron chi connectivity index (χ2n) is 4.42. The summed E-state index contributed by atoms with van der Waals surface area (Å²) < 4.78 is 3.29. The van der Waals surface area contributed by atoms with Gasteiger partial charge in [0.1, 0.15) is 5.82 Å². The smallest absolute Gasteiger partial charge is 0.115 e. The summed E-state index contributed by atoms with van der Waals surface area (Å²) >= 11 is 14.3. The Bertz CT molecular complexity index is 768. The number of fused-ring (bicyclic) bond motifs is 1. The topological polar surface area (TPSA) is 17.8 Å². The van der Waals surface area contributed by atoms with Gasteiger partial charge in [-0.2, -0.15) is 0 Å². The maximum atomic E-state index is 6.11. The van der Waals surface area contributed by atoms with E-state index in [4.69, 9.17) is 28.2 Å². The van der Waals surface area contributed by atoms with Gasteiger partial charge in [-0.1, -0.05) is 17.7 Å². The largest absolute Gasteiger partial charge is 0.296 e. The van der Waals surface area contributed by atoms with Crippen molar-refractivity contribution in [1.29, 1.82) is 0 Å². The zero-order valence-electron chi connectivity index (χ0n) is 10.5. The lowest BCUT2D eigenvalue weighted by molar-refractivity contribution is 0.912. The fraction of sp³-hybridized carbons (Fsp3) is 0.133. The molecule has 0 N–H and O–H groups in total. The number of aryl methyl sites for hydroxylation is 1. The molecule has 0 saturated heterocycles. The zero-order valence-corrected chi connectivity index (χ0v) is 14.2. The van der Waals surface area contributed by atoms with Crippen molar-refractivity contribution in [2.24, 2.45) is 0 Å². The van der Waals surface area contributed by atoms with E-state index in [-0.39, 0.29) is 0 Å². The first-order valence-corrected chi connectivity index (χ1v) is 8.17. The van der Waals surface area contributed by atoms with Crippen molar-refractivity contribution >= 4 is 56.8 Å². The molecule has 0 fully saturated rings. The van der Waals surface area contributed by atoms with Crippen LogP contribution in [0, 0.1) is 3.57 Å². The molecule has 0 aliphatic rings. The minimum atomic E-state index is 0.543. The van der Waals surface area contributed by atoms with E-state index in [1.54, 1.807) is 0 Å². The van der Waals surface area contributed by atoms with Crippen molar-refractivity contribution < 1.29 is 0 Å².